The zero-order chi connectivity index (χ0) is 7.68. The summed E-state index contributed by atoms with van der Waals surface area (Å²) in [7, 11) is 0. The molecule has 0 nitrogen and oxygen atoms in total. The second kappa shape index (κ2) is 3.08. The molecule has 1 aromatic carbocycles. The van der Waals surface area contributed by atoms with Gasteiger partial charge >= 0.3 is 0 Å². The van der Waals surface area contributed by atoms with E-state index in [0.29, 0.717) is 10.5 Å². The number of benzene rings is 1. The highest BCUT2D eigenvalue weighted by molar-refractivity contribution is 8.07. The molecule has 1 saturated heterocycles. The van der Waals surface area contributed by atoms with Crippen LogP contribution in [0, 0.1) is 0 Å². The molecule has 11 heavy (non-hydrogen) atoms. The molecule has 1 aromatic rings. The Labute approximate surface area is 75.9 Å². The SMILES string of the molecule is ClCC1SC1c1ccccc1. The molecule has 2 unspecified atom stereocenters. The minimum absolute atomic E-state index is 0.666. The Morgan fingerprint density at radius 3 is 2.55 bits per heavy atom. The fraction of sp³-hybridized carbons (Fsp3) is 0.333. The Hall–Kier alpha value is -0.140. The number of hydrogen-bond donors (Lipinski definition) is 0. The maximum absolute atomic E-state index is 5.72. The van der Waals surface area contributed by atoms with Gasteiger partial charge in [-0.2, -0.15) is 0 Å². The summed E-state index contributed by atoms with van der Waals surface area (Å²) in [6, 6.07) is 10.6. The molecular weight excluding hydrogens is 176 g/mol. The van der Waals surface area contributed by atoms with Gasteiger partial charge < -0.3 is 0 Å². The van der Waals surface area contributed by atoms with E-state index < -0.39 is 0 Å². The van der Waals surface area contributed by atoms with Crippen LogP contribution in [0.4, 0.5) is 0 Å². The molecule has 1 fully saturated rings. The molecule has 0 spiro atoms. The zero-order valence-corrected chi connectivity index (χ0v) is 7.61. The average Bonchev–Trinajstić information content (AvgIpc) is 2.85. The van der Waals surface area contributed by atoms with Crippen LogP contribution in [0.2, 0.25) is 0 Å². The van der Waals surface area contributed by atoms with Crippen molar-refractivity contribution in [3.8, 4) is 0 Å². The minimum Gasteiger partial charge on any atom is -0.146 e. The Balaban J connectivity index is 2.09. The largest absolute Gasteiger partial charge is 0.146 e. The highest BCUT2D eigenvalue weighted by Gasteiger charge is 2.38. The summed E-state index contributed by atoms with van der Waals surface area (Å²) in [5.74, 6) is 0.782. The van der Waals surface area contributed by atoms with E-state index in [-0.39, 0.29) is 0 Å². The maximum Gasteiger partial charge on any atom is 0.0431 e. The van der Waals surface area contributed by atoms with Crippen molar-refractivity contribution in [3.05, 3.63) is 35.9 Å². The van der Waals surface area contributed by atoms with E-state index in [4.69, 9.17) is 11.6 Å². The normalized spacial score (nSPS) is 28.5. The van der Waals surface area contributed by atoms with E-state index in [1.165, 1.54) is 5.56 Å². The minimum atomic E-state index is 0.666. The molecule has 1 heterocycles. The average molecular weight is 185 g/mol. The molecule has 1 aliphatic rings. The first-order chi connectivity index (χ1) is 5.42. The summed E-state index contributed by atoms with van der Waals surface area (Å²) >= 11 is 7.68. The summed E-state index contributed by atoms with van der Waals surface area (Å²) < 4.78 is 0. The predicted octanol–water partition coefficient (Wildman–Crippen LogP) is 3.08. The van der Waals surface area contributed by atoms with E-state index in [9.17, 15) is 0 Å². The summed E-state index contributed by atoms with van der Waals surface area (Å²) in [5.41, 5.74) is 1.42. The highest BCUT2D eigenvalue weighted by atomic mass is 35.5. The van der Waals surface area contributed by atoms with Gasteiger partial charge in [0.1, 0.15) is 0 Å². The molecular formula is C9H9ClS. The van der Waals surface area contributed by atoms with E-state index in [2.05, 4.69) is 24.3 Å². The van der Waals surface area contributed by atoms with E-state index in [1.807, 2.05) is 17.8 Å². The van der Waals surface area contributed by atoms with Crippen molar-refractivity contribution in [2.75, 3.05) is 5.88 Å². The third kappa shape index (κ3) is 1.54. The first kappa shape index (κ1) is 7.51. The topological polar surface area (TPSA) is 0 Å². The first-order valence-corrected chi connectivity index (χ1v) is 5.16. The number of thioether (sulfide) groups is 1. The van der Waals surface area contributed by atoms with Gasteiger partial charge in [-0.1, -0.05) is 30.3 Å². The quantitative estimate of drug-likeness (QED) is 0.503. The van der Waals surface area contributed by atoms with Gasteiger partial charge in [0.25, 0.3) is 0 Å². The lowest BCUT2D eigenvalue weighted by Gasteiger charge is -1.93. The smallest absolute Gasteiger partial charge is 0.0431 e. The van der Waals surface area contributed by atoms with Crippen LogP contribution >= 0.6 is 23.4 Å². The summed E-state index contributed by atoms with van der Waals surface area (Å²) in [6.45, 7) is 0. The van der Waals surface area contributed by atoms with Gasteiger partial charge in [0.15, 0.2) is 0 Å². The van der Waals surface area contributed by atoms with Crippen LogP contribution in [0.15, 0.2) is 30.3 Å². The fourth-order valence-corrected chi connectivity index (χ4v) is 2.62. The van der Waals surface area contributed by atoms with Crippen LogP contribution in [0.25, 0.3) is 0 Å². The summed E-state index contributed by atoms with van der Waals surface area (Å²) in [4.78, 5) is 0. The lowest BCUT2D eigenvalue weighted by molar-refractivity contribution is 1.04. The molecule has 0 amide bonds. The van der Waals surface area contributed by atoms with Crippen molar-refractivity contribution >= 4 is 23.4 Å². The Morgan fingerprint density at radius 2 is 2.00 bits per heavy atom. The highest BCUT2D eigenvalue weighted by Crippen LogP contribution is 2.55. The number of hydrogen-bond acceptors (Lipinski definition) is 1. The molecule has 2 heteroatoms. The van der Waals surface area contributed by atoms with Crippen molar-refractivity contribution in [3.63, 3.8) is 0 Å². The lowest BCUT2D eigenvalue weighted by Crippen LogP contribution is -1.88. The van der Waals surface area contributed by atoms with Crippen molar-refractivity contribution in [2.45, 2.75) is 10.5 Å². The van der Waals surface area contributed by atoms with Gasteiger partial charge in [-0.3, -0.25) is 0 Å². The number of alkyl halides is 1. The van der Waals surface area contributed by atoms with Crippen LogP contribution in [-0.2, 0) is 0 Å². The van der Waals surface area contributed by atoms with Crippen LogP contribution in [-0.4, -0.2) is 11.1 Å². The van der Waals surface area contributed by atoms with Crippen LogP contribution in [0.3, 0.4) is 0 Å². The zero-order valence-electron chi connectivity index (χ0n) is 6.03. The third-order valence-corrected chi connectivity index (χ3v) is 3.75. The van der Waals surface area contributed by atoms with Crippen molar-refractivity contribution in [1.29, 1.82) is 0 Å². The third-order valence-electron chi connectivity index (χ3n) is 1.86. The van der Waals surface area contributed by atoms with Crippen molar-refractivity contribution in [1.82, 2.24) is 0 Å². The molecule has 58 valence electrons. The van der Waals surface area contributed by atoms with Gasteiger partial charge in [0.2, 0.25) is 0 Å². The van der Waals surface area contributed by atoms with E-state index in [0.717, 1.165) is 5.88 Å². The fourth-order valence-electron chi connectivity index (χ4n) is 1.20. The number of halogens is 1. The molecule has 2 rings (SSSR count). The van der Waals surface area contributed by atoms with E-state index in [1.54, 1.807) is 0 Å². The molecule has 0 N–H and O–H groups in total. The molecule has 0 radical (unpaired) electrons. The maximum atomic E-state index is 5.72. The second-order valence-electron chi connectivity index (χ2n) is 2.66. The molecule has 1 aliphatic heterocycles. The molecule has 0 aromatic heterocycles. The van der Waals surface area contributed by atoms with Crippen LogP contribution in [0.5, 0.6) is 0 Å². The Kier molecular flexibility index (Phi) is 2.10. The first-order valence-electron chi connectivity index (χ1n) is 3.68. The molecule has 0 bridgehead atoms. The Morgan fingerprint density at radius 1 is 1.27 bits per heavy atom. The van der Waals surface area contributed by atoms with Crippen LogP contribution in [0.1, 0.15) is 10.8 Å². The Bertz CT molecular complexity index is 235. The van der Waals surface area contributed by atoms with Gasteiger partial charge in [-0.15, -0.1) is 23.4 Å². The van der Waals surface area contributed by atoms with Gasteiger partial charge in [0, 0.05) is 16.4 Å². The second-order valence-corrected chi connectivity index (χ2v) is 4.35. The standard InChI is InChI=1S/C9H9ClS/c10-6-8-9(11-8)7-4-2-1-3-5-7/h1-5,8-9H,6H2. The monoisotopic (exact) mass is 184 g/mol. The van der Waals surface area contributed by atoms with Gasteiger partial charge in [-0.05, 0) is 5.56 Å². The lowest BCUT2D eigenvalue weighted by atomic mass is 10.1. The van der Waals surface area contributed by atoms with Crippen LogP contribution < -0.4 is 0 Å². The summed E-state index contributed by atoms with van der Waals surface area (Å²) in [5, 5.41) is 1.34. The number of rotatable bonds is 2. The van der Waals surface area contributed by atoms with Crippen molar-refractivity contribution < 1.29 is 0 Å². The predicted molar refractivity (Wildman–Crippen MR) is 51.3 cm³/mol. The molecule has 0 saturated carbocycles. The van der Waals surface area contributed by atoms with Gasteiger partial charge in [0.05, 0.1) is 0 Å². The van der Waals surface area contributed by atoms with Crippen molar-refractivity contribution in [2.24, 2.45) is 0 Å². The van der Waals surface area contributed by atoms with E-state index >= 15 is 0 Å². The van der Waals surface area contributed by atoms with Gasteiger partial charge in [-0.25, -0.2) is 0 Å². The molecule has 0 aliphatic carbocycles. The summed E-state index contributed by atoms with van der Waals surface area (Å²) in [6.07, 6.45) is 0. The molecule has 2 atom stereocenters.